The third-order valence-electron chi connectivity index (χ3n) is 8.65. The van der Waals surface area contributed by atoms with E-state index in [0.29, 0.717) is 0 Å². The SMILES string of the molecule is [CH3-].[Ir].[c-]1ccccc1-c1ccc(CCc2cc(CCc3ccc(-c4[c-]cccc4)nc3)cc(CCc3ccc(-c4[c-]cccc4)nc3)c2)cn1. The predicted molar refractivity (Wildman–Crippen MR) is 201 cm³/mol. The molecule has 0 fully saturated rings. The van der Waals surface area contributed by atoms with Crippen LogP contribution in [-0.4, -0.2) is 15.0 Å². The normalized spacial score (nSPS) is 10.6. The summed E-state index contributed by atoms with van der Waals surface area (Å²) in [5.41, 5.74) is 13.7. The maximum Gasteiger partial charge on any atom is 0.0192 e. The summed E-state index contributed by atoms with van der Waals surface area (Å²) in [4.78, 5) is 14.2. The van der Waals surface area contributed by atoms with Gasteiger partial charge in [-0.2, -0.15) is 0 Å². The number of aryl methyl sites for hydroxylation is 6. The van der Waals surface area contributed by atoms with Crippen LogP contribution in [0.2, 0.25) is 0 Å². The van der Waals surface area contributed by atoms with Gasteiger partial charge in [-0.05, 0) is 89.0 Å². The molecule has 3 heterocycles. The molecular weight excluding hydrogens is 787 g/mol. The minimum Gasteiger partial charge on any atom is -0.358 e. The minimum absolute atomic E-state index is 0. The molecule has 3 aromatic heterocycles. The predicted octanol–water partition coefficient (Wildman–Crippen LogP) is 10.1. The van der Waals surface area contributed by atoms with Gasteiger partial charge in [0.1, 0.15) is 0 Å². The summed E-state index contributed by atoms with van der Waals surface area (Å²) in [6.45, 7) is 0. The summed E-state index contributed by atoms with van der Waals surface area (Å²) in [5.74, 6) is 0. The molecule has 0 bridgehead atoms. The molecule has 50 heavy (non-hydrogen) atoms. The zero-order valence-corrected chi connectivity index (χ0v) is 30.7. The van der Waals surface area contributed by atoms with Crippen molar-refractivity contribution in [2.24, 2.45) is 0 Å². The zero-order chi connectivity index (χ0) is 32.4. The first-order valence-electron chi connectivity index (χ1n) is 16.6. The largest absolute Gasteiger partial charge is 0.358 e. The molecule has 0 aliphatic heterocycles. The van der Waals surface area contributed by atoms with E-state index in [1.807, 2.05) is 91.4 Å². The second-order valence-corrected chi connectivity index (χ2v) is 12.1. The quantitative estimate of drug-likeness (QED) is 0.115. The van der Waals surface area contributed by atoms with E-state index >= 15 is 0 Å². The summed E-state index contributed by atoms with van der Waals surface area (Å²) in [7, 11) is 0. The van der Waals surface area contributed by atoms with E-state index in [4.69, 9.17) is 15.0 Å². The molecule has 1 radical (unpaired) electrons. The average Bonchev–Trinajstić information content (AvgIpc) is 3.17. The summed E-state index contributed by atoms with van der Waals surface area (Å²) >= 11 is 0. The van der Waals surface area contributed by atoms with E-state index in [1.165, 1.54) is 33.4 Å². The van der Waals surface area contributed by atoms with Gasteiger partial charge < -0.3 is 22.4 Å². The van der Waals surface area contributed by atoms with E-state index in [1.54, 1.807) is 0 Å². The Kier molecular flexibility index (Phi) is 13.1. The van der Waals surface area contributed by atoms with Gasteiger partial charge in [0.05, 0.1) is 0 Å². The molecule has 0 aliphatic rings. The number of hydrogen-bond acceptors (Lipinski definition) is 3. The summed E-state index contributed by atoms with van der Waals surface area (Å²) in [6, 6.07) is 53.8. The van der Waals surface area contributed by atoms with Gasteiger partial charge in [0, 0.05) is 38.7 Å². The van der Waals surface area contributed by atoms with Crippen LogP contribution in [0.1, 0.15) is 33.4 Å². The fourth-order valence-corrected chi connectivity index (χ4v) is 5.99. The summed E-state index contributed by atoms with van der Waals surface area (Å²) in [5, 5.41) is 0. The Hall–Kier alpha value is -5.02. The molecule has 4 aromatic carbocycles. The monoisotopic (exact) mass is 826 g/mol. The van der Waals surface area contributed by atoms with Crippen LogP contribution in [0.15, 0.2) is 146 Å². The molecule has 7 aromatic rings. The van der Waals surface area contributed by atoms with E-state index < -0.39 is 0 Å². The fourth-order valence-electron chi connectivity index (χ4n) is 5.99. The zero-order valence-electron chi connectivity index (χ0n) is 28.3. The maximum absolute atomic E-state index is 4.73. The number of benzene rings is 4. The van der Waals surface area contributed by atoms with Crippen molar-refractivity contribution >= 4 is 0 Å². The second kappa shape index (κ2) is 18.1. The molecule has 0 spiro atoms. The summed E-state index contributed by atoms with van der Waals surface area (Å²) in [6.07, 6.45) is 11.8. The van der Waals surface area contributed by atoms with Gasteiger partial charge in [0.15, 0.2) is 0 Å². The van der Waals surface area contributed by atoms with Gasteiger partial charge in [-0.3, -0.25) is 0 Å². The number of aromatic nitrogens is 3. The van der Waals surface area contributed by atoms with Crippen molar-refractivity contribution in [2.75, 3.05) is 0 Å². The van der Waals surface area contributed by atoms with Gasteiger partial charge in [0.25, 0.3) is 0 Å². The Morgan fingerprint density at radius 3 is 0.900 bits per heavy atom. The average molecular weight is 826 g/mol. The van der Waals surface area contributed by atoms with Crippen LogP contribution in [0.4, 0.5) is 0 Å². The molecule has 4 heteroatoms. The smallest absolute Gasteiger partial charge is 0.0192 e. The molecule has 7 rings (SSSR count). The Morgan fingerprint density at radius 2 is 0.660 bits per heavy atom. The number of hydrogen-bond donors (Lipinski definition) is 0. The van der Waals surface area contributed by atoms with Crippen molar-refractivity contribution in [2.45, 2.75) is 38.5 Å². The standard InChI is InChI=1S/C45H36N3.CH3.Ir/c1-4-10-40(11-5-1)43-25-22-34(31-46-43)16-19-37-28-38(20-17-35-23-26-44(47-32-35)41-12-6-2-7-13-41)30-39(29-37)21-18-36-24-27-45(48-33-36)42-14-8-3-9-15-42;;/h1-10,12,14,22-33H,16-21H2;1H3;/q-3;-1;. The second-order valence-electron chi connectivity index (χ2n) is 12.1. The first-order chi connectivity index (χ1) is 23.7. The van der Waals surface area contributed by atoms with Crippen molar-refractivity contribution in [1.29, 1.82) is 0 Å². The third kappa shape index (κ3) is 9.79. The van der Waals surface area contributed by atoms with Gasteiger partial charge >= 0.3 is 0 Å². The van der Waals surface area contributed by atoms with E-state index in [9.17, 15) is 0 Å². The number of rotatable bonds is 12. The van der Waals surface area contributed by atoms with Gasteiger partial charge in [0.2, 0.25) is 0 Å². The Labute approximate surface area is 310 Å². The topological polar surface area (TPSA) is 38.7 Å². The molecule has 0 atom stereocenters. The van der Waals surface area contributed by atoms with Crippen LogP contribution < -0.4 is 0 Å². The van der Waals surface area contributed by atoms with Crippen LogP contribution in [0, 0.1) is 25.6 Å². The molecule has 0 N–H and O–H groups in total. The molecule has 251 valence electrons. The third-order valence-corrected chi connectivity index (χ3v) is 8.65. The van der Waals surface area contributed by atoms with Crippen molar-refractivity contribution in [1.82, 2.24) is 15.0 Å². The van der Waals surface area contributed by atoms with E-state index in [-0.39, 0.29) is 27.5 Å². The summed E-state index contributed by atoms with van der Waals surface area (Å²) < 4.78 is 0. The number of pyridine rings is 3. The van der Waals surface area contributed by atoms with Gasteiger partial charge in [-0.15, -0.1) is 108 Å². The van der Waals surface area contributed by atoms with E-state index in [0.717, 1.165) is 72.3 Å². The van der Waals surface area contributed by atoms with Crippen LogP contribution in [0.25, 0.3) is 33.8 Å². The maximum atomic E-state index is 4.73. The Morgan fingerprint density at radius 1 is 0.360 bits per heavy atom. The minimum atomic E-state index is 0. The van der Waals surface area contributed by atoms with Gasteiger partial charge in [-0.1, -0.05) is 54.6 Å². The van der Waals surface area contributed by atoms with Crippen LogP contribution in [0.3, 0.4) is 0 Å². The molecule has 0 aliphatic carbocycles. The van der Waals surface area contributed by atoms with Crippen LogP contribution >= 0.6 is 0 Å². The Balaban J connectivity index is 0.00000243. The van der Waals surface area contributed by atoms with Gasteiger partial charge in [-0.25, -0.2) is 0 Å². The van der Waals surface area contributed by atoms with Crippen LogP contribution in [-0.2, 0) is 58.6 Å². The molecule has 0 saturated heterocycles. The molecule has 0 amide bonds. The van der Waals surface area contributed by atoms with E-state index in [2.05, 4.69) is 72.8 Å². The van der Waals surface area contributed by atoms with Crippen molar-refractivity contribution in [3.63, 3.8) is 0 Å². The first-order valence-corrected chi connectivity index (χ1v) is 16.6. The van der Waals surface area contributed by atoms with Crippen LogP contribution in [0.5, 0.6) is 0 Å². The molecule has 0 unspecified atom stereocenters. The molecular formula is C46H39IrN3-4. The molecule has 3 nitrogen and oxygen atoms in total. The first kappa shape index (κ1) is 36.3. The van der Waals surface area contributed by atoms with Crippen molar-refractivity contribution < 1.29 is 20.1 Å². The fraction of sp³-hybridized carbons (Fsp3) is 0.130. The molecule has 0 saturated carbocycles. The number of nitrogens with zero attached hydrogens (tertiary/aromatic N) is 3. The van der Waals surface area contributed by atoms with Crippen molar-refractivity contribution in [3.8, 4) is 33.8 Å². The van der Waals surface area contributed by atoms with Crippen molar-refractivity contribution in [3.05, 3.63) is 205 Å². The Bertz CT molecular complexity index is 1770.